The Hall–Kier alpha value is -0.860. The van der Waals surface area contributed by atoms with Crippen LogP contribution in [0, 0.1) is 0 Å². The fourth-order valence-electron chi connectivity index (χ4n) is 1.41. The molecular weight excluding hydrogens is 256 g/mol. The highest BCUT2D eigenvalue weighted by atomic mass is 19.3. The molecule has 0 bridgehead atoms. The maximum atomic E-state index is 12.6. The van der Waals surface area contributed by atoms with Crippen LogP contribution in [0.15, 0.2) is 11.8 Å². The van der Waals surface area contributed by atoms with E-state index in [-0.39, 0.29) is 6.61 Å². The van der Waals surface area contributed by atoms with E-state index < -0.39 is 25.0 Å². The van der Waals surface area contributed by atoms with Gasteiger partial charge in [0.05, 0.1) is 13.2 Å². The molecule has 0 amide bonds. The number of ether oxygens (including phenoxy) is 2. The quantitative estimate of drug-likeness (QED) is 0.418. The Morgan fingerprint density at radius 2 is 2.22 bits per heavy atom. The molecule has 106 valence electrons. The molecule has 0 aliphatic carbocycles. The van der Waals surface area contributed by atoms with Gasteiger partial charge in [0.2, 0.25) is 0 Å². The molecular formula is C10H16F4N2O2. The second-order valence-electron chi connectivity index (χ2n) is 3.89. The Balaban J connectivity index is 2.38. The first-order valence-electron chi connectivity index (χ1n) is 5.50. The monoisotopic (exact) mass is 272 g/mol. The molecule has 0 aromatic carbocycles. The molecule has 1 heterocycles. The number of allylic oxidation sites excluding steroid dienone is 1. The molecule has 0 saturated carbocycles. The molecule has 0 fully saturated rings. The third-order valence-electron chi connectivity index (χ3n) is 2.41. The Kier molecular flexibility index (Phi) is 5.83. The van der Waals surface area contributed by atoms with E-state index in [1.54, 1.807) is 6.08 Å². The summed E-state index contributed by atoms with van der Waals surface area (Å²) in [7, 11) is 0. The lowest BCUT2D eigenvalue weighted by molar-refractivity contribution is -0.167. The number of hydrogen-bond acceptors (Lipinski definition) is 4. The maximum Gasteiger partial charge on any atom is 0.330 e. The molecule has 1 aliphatic rings. The normalized spacial score (nSPS) is 18.4. The van der Waals surface area contributed by atoms with Crippen molar-refractivity contribution in [3.05, 3.63) is 11.8 Å². The van der Waals surface area contributed by atoms with Gasteiger partial charge in [0.25, 0.3) is 0 Å². The van der Waals surface area contributed by atoms with E-state index >= 15 is 0 Å². The van der Waals surface area contributed by atoms with Gasteiger partial charge in [-0.3, -0.25) is 5.84 Å². The lowest BCUT2D eigenvalue weighted by atomic mass is 10.1. The van der Waals surface area contributed by atoms with E-state index in [4.69, 9.17) is 10.6 Å². The molecule has 4 nitrogen and oxygen atoms in total. The molecule has 1 unspecified atom stereocenters. The summed E-state index contributed by atoms with van der Waals surface area (Å²) in [5, 5.41) is 0. The average molecular weight is 272 g/mol. The summed E-state index contributed by atoms with van der Waals surface area (Å²) in [5.41, 5.74) is 2.34. The summed E-state index contributed by atoms with van der Waals surface area (Å²) in [5.74, 6) is 1.56. The second kappa shape index (κ2) is 6.91. The number of nitrogens with two attached hydrogens (primary N) is 1. The number of hydrogen-bond donors (Lipinski definition) is 2. The summed E-state index contributed by atoms with van der Waals surface area (Å²) in [4.78, 5) is 0. The summed E-state index contributed by atoms with van der Waals surface area (Å²) in [6, 6.07) is -0.612. The highest BCUT2D eigenvalue weighted by Crippen LogP contribution is 2.23. The van der Waals surface area contributed by atoms with Crippen molar-refractivity contribution >= 4 is 0 Å². The predicted molar refractivity (Wildman–Crippen MR) is 56.2 cm³/mol. The average Bonchev–Trinajstić information content (AvgIpc) is 2.35. The number of alkyl halides is 4. The van der Waals surface area contributed by atoms with Crippen LogP contribution in [0.25, 0.3) is 0 Å². The zero-order valence-electron chi connectivity index (χ0n) is 9.67. The van der Waals surface area contributed by atoms with Crippen LogP contribution in [0.1, 0.15) is 12.8 Å². The van der Waals surface area contributed by atoms with Gasteiger partial charge in [0.1, 0.15) is 18.4 Å². The van der Waals surface area contributed by atoms with Crippen molar-refractivity contribution < 1.29 is 27.0 Å². The van der Waals surface area contributed by atoms with E-state index in [0.717, 1.165) is 12.8 Å². The Morgan fingerprint density at radius 3 is 2.72 bits per heavy atom. The highest BCUT2D eigenvalue weighted by molar-refractivity contribution is 5.05. The fraction of sp³-hybridized carbons (Fsp3) is 0.800. The fourth-order valence-corrected chi connectivity index (χ4v) is 1.41. The minimum Gasteiger partial charge on any atom is -0.496 e. The van der Waals surface area contributed by atoms with Crippen molar-refractivity contribution in [1.29, 1.82) is 0 Å². The summed E-state index contributed by atoms with van der Waals surface area (Å²) >= 11 is 0. The molecule has 0 aromatic heterocycles. The van der Waals surface area contributed by atoms with E-state index in [1.807, 2.05) is 0 Å². The molecule has 0 spiro atoms. The molecule has 0 saturated heterocycles. The van der Waals surface area contributed by atoms with Crippen molar-refractivity contribution in [2.24, 2.45) is 5.84 Å². The lowest BCUT2D eigenvalue weighted by Crippen LogP contribution is -2.43. The Morgan fingerprint density at radius 1 is 1.50 bits per heavy atom. The van der Waals surface area contributed by atoms with Crippen molar-refractivity contribution in [2.45, 2.75) is 31.2 Å². The zero-order valence-corrected chi connectivity index (χ0v) is 9.67. The first-order valence-corrected chi connectivity index (χ1v) is 5.50. The third kappa shape index (κ3) is 4.43. The van der Waals surface area contributed by atoms with E-state index in [2.05, 4.69) is 10.2 Å². The first kappa shape index (κ1) is 15.2. The Labute approximate surface area is 102 Å². The highest BCUT2D eigenvalue weighted by Gasteiger charge is 2.41. The molecule has 0 aromatic rings. The largest absolute Gasteiger partial charge is 0.496 e. The summed E-state index contributed by atoms with van der Waals surface area (Å²) in [6.45, 7) is -1.10. The van der Waals surface area contributed by atoms with Crippen LogP contribution < -0.4 is 11.3 Å². The number of rotatable bonds is 7. The van der Waals surface area contributed by atoms with Crippen LogP contribution in [0.3, 0.4) is 0 Å². The SMILES string of the molecule is NNC(COCC(F)(F)C(F)F)C1=CCCCO1. The summed E-state index contributed by atoms with van der Waals surface area (Å²) < 4.78 is 58.7. The van der Waals surface area contributed by atoms with Crippen molar-refractivity contribution in [3.63, 3.8) is 0 Å². The Bertz CT molecular complexity index is 287. The number of halogens is 4. The van der Waals surface area contributed by atoms with Gasteiger partial charge in [0.15, 0.2) is 0 Å². The molecule has 18 heavy (non-hydrogen) atoms. The first-order chi connectivity index (χ1) is 8.47. The van der Waals surface area contributed by atoms with Crippen LogP contribution in [-0.2, 0) is 9.47 Å². The molecule has 8 heteroatoms. The van der Waals surface area contributed by atoms with Gasteiger partial charge in [-0.2, -0.15) is 8.78 Å². The number of nitrogens with one attached hydrogen (secondary N) is 1. The van der Waals surface area contributed by atoms with E-state index in [1.165, 1.54) is 0 Å². The van der Waals surface area contributed by atoms with Gasteiger partial charge < -0.3 is 9.47 Å². The van der Waals surface area contributed by atoms with Crippen LogP contribution in [0.4, 0.5) is 17.6 Å². The predicted octanol–water partition coefficient (Wildman–Crippen LogP) is 1.43. The smallest absolute Gasteiger partial charge is 0.330 e. The van der Waals surface area contributed by atoms with Crippen LogP contribution in [0.5, 0.6) is 0 Å². The van der Waals surface area contributed by atoms with Gasteiger partial charge >= 0.3 is 12.3 Å². The third-order valence-corrected chi connectivity index (χ3v) is 2.41. The molecule has 3 N–H and O–H groups in total. The molecule has 0 radical (unpaired) electrons. The standard InChI is InChI=1S/C10H16F4N2O2/c11-9(12)10(13,14)6-17-5-7(16-15)8-3-1-2-4-18-8/h3,7,9,16H,1-2,4-6,15H2. The summed E-state index contributed by atoms with van der Waals surface area (Å²) in [6.07, 6.45) is -0.319. The second-order valence-corrected chi connectivity index (χ2v) is 3.89. The minimum absolute atomic E-state index is 0.259. The van der Waals surface area contributed by atoms with Crippen LogP contribution in [-0.4, -0.2) is 38.2 Å². The van der Waals surface area contributed by atoms with Crippen LogP contribution >= 0.6 is 0 Å². The van der Waals surface area contributed by atoms with E-state index in [9.17, 15) is 17.6 Å². The van der Waals surface area contributed by atoms with Gasteiger partial charge in [-0.15, -0.1) is 0 Å². The maximum absolute atomic E-state index is 12.6. The lowest BCUT2D eigenvalue weighted by Gasteiger charge is -2.24. The minimum atomic E-state index is -4.15. The molecule has 1 aliphatic heterocycles. The molecule has 1 atom stereocenters. The topological polar surface area (TPSA) is 56.5 Å². The van der Waals surface area contributed by atoms with E-state index in [0.29, 0.717) is 12.4 Å². The van der Waals surface area contributed by atoms with Gasteiger partial charge in [0, 0.05) is 0 Å². The van der Waals surface area contributed by atoms with Crippen LogP contribution in [0.2, 0.25) is 0 Å². The van der Waals surface area contributed by atoms with Crippen molar-refractivity contribution in [2.75, 3.05) is 19.8 Å². The van der Waals surface area contributed by atoms with Gasteiger partial charge in [-0.05, 0) is 18.9 Å². The molecule has 1 rings (SSSR count). The number of hydrazine groups is 1. The van der Waals surface area contributed by atoms with Crippen molar-refractivity contribution in [1.82, 2.24) is 5.43 Å². The van der Waals surface area contributed by atoms with Crippen molar-refractivity contribution in [3.8, 4) is 0 Å². The van der Waals surface area contributed by atoms with Gasteiger partial charge in [-0.25, -0.2) is 14.2 Å². The van der Waals surface area contributed by atoms with Gasteiger partial charge in [-0.1, -0.05) is 0 Å². The zero-order chi connectivity index (χ0) is 13.6.